The second-order valence-corrected chi connectivity index (χ2v) is 7.18. The van der Waals surface area contributed by atoms with Crippen molar-refractivity contribution in [2.75, 3.05) is 0 Å². The number of ether oxygens (including phenoxy) is 1. The van der Waals surface area contributed by atoms with E-state index in [0.29, 0.717) is 12.8 Å². The van der Waals surface area contributed by atoms with Crippen molar-refractivity contribution in [1.29, 1.82) is 0 Å². The molecule has 1 unspecified atom stereocenters. The van der Waals surface area contributed by atoms with Gasteiger partial charge in [0.25, 0.3) is 0 Å². The quantitative estimate of drug-likeness (QED) is 0.656. The zero-order valence-electron chi connectivity index (χ0n) is 15.3. The van der Waals surface area contributed by atoms with Gasteiger partial charge in [0.15, 0.2) is 0 Å². The second-order valence-electron chi connectivity index (χ2n) is 7.18. The van der Waals surface area contributed by atoms with Crippen LogP contribution in [-0.2, 0) is 17.6 Å². The van der Waals surface area contributed by atoms with Crippen molar-refractivity contribution in [3.8, 4) is 22.6 Å². The highest BCUT2D eigenvalue weighted by Crippen LogP contribution is 2.35. The van der Waals surface area contributed by atoms with E-state index in [1.165, 1.54) is 11.1 Å². The standard InChI is InChI=1S/C24H22O3/c1-16-5-4-6-18(13-16)22-7-2-3-8-23(22)27-21-12-11-17-9-10-19(24(25)26)14-20(17)15-21/h2-8,11-13,15,19H,9-10,14H2,1H3,(H,25,26). The number of aliphatic carboxylic acids is 1. The molecule has 27 heavy (non-hydrogen) atoms. The Bertz CT molecular complexity index is 990. The van der Waals surface area contributed by atoms with Crippen molar-refractivity contribution < 1.29 is 14.6 Å². The van der Waals surface area contributed by atoms with E-state index in [1.54, 1.807) is 0 Å². The minimum absolute atomic E-state index is 0.299. The number of rotatable bonds is 4. The number of aryl methyl sites for hydroxylation is 2. The fourth-order valence-corrected chi connectivity index (χ4v) is 3.74. The fraction of sp³-hybridized carbons (Fsp3) is 0.208. The molecular weight excluding hydrogens is 336 g/mol. The lowest BCUT2D eigenvalue weighted by Crippen LogP contribution is -2.22. The topological polar surface area (TPSA) is 46.5 Å². The van der Waals surface area contributed by atoms with Gasteiger partial charge in [0.1, 0.15) is 11.5 Å². The van der Waals surface area contributed by atoms with E-state index < -0.39 is 5.97 Å². The van der Waals surface area contributed by atoms with Crippen LogP contribution >= 0.6 is 0 Å². The molecule has 3 heteroatoms. The Hall–Kier alpha value is -3.07. The monoisotopic (exact) mass is 358 g/mol. The molecule has 0 bridgehead atoms. The van der Waals surface area contributed by atoms with Gasteiger partial charge in [-0.1, -0.05) is 54.1 Å². The molecule has 4 rings (SSSR count). The van der Waals surface area contributed by atoms with Crippen molar-refractivity contribution in [3.05, 3.63) is 83.4 Å². The molecule has 3 nitrogen and oxygen atoms in total. The minimum Gasteiger partial charge on any atom is -0.481 e. The van der Waals surface area contributed by atoms with Gasteiger partial charge in [0.2, 0.25) is 0 Å². The Balaban J connectivity index is 1.64. The average Bonchev–Trinajstić information content (AvgIpc) is 2.68. The van der Waals surface area contributed by atoms with Crippen LogP contribution in [-0.4, -0.2) is 11.1 Å². The van der Waals surface area contributed by atoms with Gasteiger partial charge in [-0.3, -0.25) is 4.79 Å². The maximum atomic E-state index is 11.3. The average molecular weight is 358 g/mol. The third-order valence-electron chi connectivity index (χ3n) is 5.20. The van der Waals surface area contributed by atoms with E-state index in [-0.39, 0.29) is 5.92 Å². The third kappa shape index (κ3) is 3.72. The largest absolute Gasteiger partial charge is 0.481 e. The van der Waals surface area contributed by atoms with Crippen LogP contribution in [0, 0.1) is 12.8 Å². The molecular formula is C24H22O3. The first-order valence-electron chi connectivity index (χ1n) is 9.29. The molecule has 0 spiro atoms. The molecule has 0 fully saturated rings. The summed E-state index contributed by atoms with van der Waals surface area (Å²) >= 11 is 0. The van der Waals surface area contributed by atoms with Gasteiger partial charge in [-0.15, -0.1) is 0 Å². The van der Waals surface area contributed by atoms with Crippen molar-refractivity contribution in [2.24, 2.45) is 5.92 Å². The van der Waals surface area contributed by atoms with Crippen LogP contribution in [0.15, 0.2) is 66.7 Å². The van der Waals surface area contributed by atoms with Gasteiger partial charge in [-0.2, -0.15) is 0 Å². The van der Waals surface area contributed by atoms with Gasteiger partial charge < -0.3 is 9.84 Å². The molecule has 3 aromatic rings. The van der Waals surface area contributed by atoms with E-state index in [2.05, 4.69) is 37.3 Å². The Kier molecular flexibility index (Phi) is 4.68. The summed E-state index contributed by atoms with van der Waals surface area (Å²) in [4.78, 5) is 11.3. The van der Waals surface area contributed by atoms with Crippen molar-refractivity contribution in [1.82, 2.24) is 0 Å². The molecule has 1 aliphatic rings. The summed E-state index contributed by atoms with van der Waals surface area (Å²) in [5, 5.41) is 9.32. The predicted octanol–water partition coefficient (Wildman–Crippen LogP) is 5.64. The number of hydrogen-bond acceptors (Lipinski definition) is 2. The summed E-state index contributed by atoms with van der Waals surface area (Å²) in [6.45, 7) is 2.08. The highest BCUT2D eigenvalue weighted by molar-refractivity contribution is 5.72. The highest BCUT2D eigenvalue weighted by Gasteiger charge is 2.24. The second kappa shape index (κ2) is 7.28. The maximum Gasteiger partial charge on any atom is 0.306 e. The molecule has 1 N–H and O–H groups in total. The zero-order chi connectivity index (χ0) is 18.8. The Labute approximate surface area is 159 Å². The van der Waals surface area contributed by atoms with E-state index in [1.807, 2.05) is 36.4 Å². The van der Waals surface area contributed by atoms with E-state index in [4.69, 9.17) is 4.74 Å². The third-order valence-corrected chi connectivity index (χ3v) is 5.20. The predicted molar refractivity (Wildman–Crippen MR) is 106 cm³/mol. The number of carboxylic acid groups (broad SMARTS) is 1. The number of benzene rings is 3. The molecule has 0 aromatic heterocycles. The lowest BCUT2D eigenvalue weighted by molar-refractivity contribution is -0.142. The number of carbonyl (C=O) groups is 1. The zero-order valence-corrected chi connectivity index (χ0v) is 15.3. The molecule has 0 heterocycles. The molecule has 0 radical (unpaired) electrons. The van der Waals surface area contributed by atoms with Gasteiger partial charge in [-0.25, -0.2) is 0 Å². The van der Waals surface area contributed by atoms with E-state index >= 15 is 0 Å². The van der Waals surface area contributed by atoms with Crippen LogP contribution in [0.3, 0.4) is 0 Å². The number of para-hydroxylation sites is 1. The molecule has 0 saturated heterocycles. The van der Waals surface area contributed by atoms with Crippen LogP contribution < -0.4 is 4.74 Å². The summed E-state index contributed by atoms with van der Waals surface area (Å²) in [5.74, 6) is 0.539. The normalized spacial score (nSPS) is 15.8. The van der Waals surface area contributed by atoms with Crippen molar-refractivity contribution in [3.63, 3.8) is 0 Å². The lowest BCUT2D eigenvalue weighted by Gasteiger charge is -2.22. The Morgan fingerprint density at radius 2 is 1.85 bits per heavy atom. The summed E-state index contributed by atoms with van der Waals surface area (Å²) in [6.07, 6.45) is 2.09. The van der Waals surface area contributed by atoms with Crippen molar-refractivity contribution >= 4 is 5.97 Å². The molecule has 0 amide bonds. The molecule has 1 aliphatic carbocycles. The summed E-state index contributed by atoms with van der Waals surface area (Å²) in [5.41, 5.74) is 5.68. The molecule has 0 aliphatic heterocycles. The van der Waals surface area contributed by atoms with E-state index in [0.717, 1.165) is 34.6 Å². The van der Waals surface area contributed by atoms with Crippen LogP contribution in [0.1, 0.15) is 23.1 Å². The maximum absolute atomic E-state index is 11.3. The van der Waals surface area contributed by atoms with Gasteiger partial charge in [-0.05, 0) is 61.1 Å². The number of hydrogen-bond donors (Lipinski definition) is 1. The fourth-order valence-electron chi connectivity index (χ4n) is 3.74. The van der Waals surface area contributed by atoms with Gasteiger partial charge >= 0.3 is 5.97 Å². The number of carboxylic acids is 1. The highest BCUT2D eigenvalue weighted by atomic mass is 16.5. The van der Waals surface area contributed by atoms with E-state index in [9.17, 15) is 9.90 Å². The first-order chi connectivity index (χ1) is 13.1. The summed E-state index contributed by atoms with van der Waals surface area (Å²) < 4.78 is 6.22. The SMILES string of the molecule is Cc1cccc(-c2ccccc2Oc2ccc3c(c2)CC(C(=O)O)CC3)c1. The lowest BCUT2D eigenvalue weighted by atomic mass is 9.84. The van der Waals surface area contributed by atoms with Crippen LogP contribution in [0.5, 0.6) is 11.5 Å². The molecule has 0 saturated carbocycles. The molecule has 136 valence electrons. The van der Waals surface area contributed by atoms with Gasteiger partial charge in [0.05, 0.1) is 5.92 Å². The Morgan fingerprint density at radius 3 is 2.67 bits per heavy atom. The van der Waals surface area contributed by atoms with Crippen LogP contribution in [0.2, 0.25) is 0 Å². The molecule has 3 aromatic carbocycles. The van der Waals surface area contributed by atoms with Crippen LogP contribution in [0.25, 0.3) is 11.1 Å². The Morgan fingerprint density at radius 1 is 1.00 bits per heavy atom. The smallest absolute Gasteiger partial charge is 0.306 e. The summed E-state index contributed by atoms with van der Waals surface area (Å²) in [7, 11) is 0. The first kappa shape index (κ1) is 17.3. The van der Waals surface area contributed by atoms with Crippen LogP contribution in [0.4, 0.5) is 0 Å². The first-order valence-corrected chi connectivity index (χ1v) is 9.29. The summed E-state index contributed by atoms with van der Waals surface area (Å²) in [6, 6.07) is 22.4. The molecule has 1 atom stereocenters. The van der Waals surface area contributed by atoms with Crippen molar-refractivity contribution in [2.45, 2.75) is 26.2 Å². The minimum atomic E-state index is -0.711. The van der Waals surface area contributed by atoms with Gasteiger partial charge in [0, 0.05) is 5.56 Å². The number of fused-ring (bicyclic) bond motifs is 1.